The molecule has 0 aromatic heterocycles. The Kier molecular flexibility index (Phi) is 29.0. The SMILES string of the molecule is CC(C)C[C@H](NC(=O)[C@H](CCCCN)NC(=O)[C@H](CCCN=C(N)N)NC(=O)[C@H](CC(C)C)NC(=O)[C@H](CC(C)C)NC(=O)[C@H](CCCCN)NC(=O)[C@@H](N)CC(C)C)C(=O)O. The summed E-state index contributed by atoms with van der Waals surface area (Å²) < 4.78 is 0. The Labute approximate surface area is 369 Å². The number of guanidine groups is 1. The Hall–Kier alpha value is -4.56. The first-order valence-corrected chi connectivity index (χ1v) is 22.3. The molecule has 7 atom stereocenters. The van der Waals surface area contributed by atoms with Crippen molar-refractivity contribution in [2.24, 2.45) is 57.3 Å². The smallest absolute Gasteiger partial charge is 0.326 e. The summed E-state index contributed by atoms with van der Waals surface area (Å²) in [7, 11) is 0. The maximum Gasteiger partial charge on any atom is 0.326 e. The number of carbonyl (C=O) groups is 7. The van der Waals surface area contributed by atoms with Crippen LogP contribution in [-0.2, 0) is 33.6 Å². The molecule has 0 rings (SSSR count). The molecule has 20 nitrogen and oxygen atoms in total. The number of aliphatic imine (C=N–C) groups is 1. The van der Waals surface area contributed by atoms with Gasteiger partial charge >= 0.3 is 5.97 Å². The summed E-state index contributed by atoms with van der Waals surface area (Å²) in [4.78, 5) is 98.3. The number of carboxylic acid groups (broad SMARTS) is 1. The summed E-state index contributed by atoms with van der Waals surface area (Å²) >= 11 is 0. The number of hydrogen-bond donors (Lipinski definition) is 12. The van der Waals surface area contributed by atoms with Crippen LogP contribution in [0.2, 0.25) is 0 Å². The first-order valence-electron chi connectivity index (χ1n) is 22.3. The van der Waals surface area contributed by atoms with E-state index in [0.717, 1.165) is 0 Å². The Morgan fingerprint density at radius 1 is 0.452 bits per heavy atom. The minimum absolute atomic E-state index is 0.0308. The number of nitrogens with one attached hydrogen (secondary N) is 6. The van der Waals surface area contributed by atoms with Gasteiger partial charge in [0.15, 0.2) is 5.96 Å². The zero-order valence-corrected chi connectivity index (χ0v) is 38.6. The van der Waals surface area contributed by atoms with Crippen molar-refractivity contribution >= 4 is 47.4 Å². The molecule has 17 N–H and O–H groups in total. The standard InChI is InChI=1S/C42H82N12O8/c1-24(2)20-28(45)35(55)49-29(14-9-11-17-43)37(57)52-33(22-26(5)6)40(60)53-32(21-25(3)4)39(59)51-31(16-13-19-48-42(46)47)36(56)50-30(15-10-12-18-44)38(58)54-34(41(61)62)23-27(7)8/h24-34H,9-23,43-45H2,1-8H3,(H,49,55)(H,50,56)(H,51,59)(H,52,57)(H,53,60)(H,54,58)(H,61,62)(H4,46,47,48)/t28-,29-,30-,31-,32-,33-,34-/m0/s1. The second-order valence-electron chi connectivity index (χ2n) is 17.8. The Morgan fingerprint density at radius 3 is 1.10 bits per heavy atom. The molecular formula is C42H82N12O8. The molecule has 0 aliphatic rings. The molecule has 0 aromatic rings. The van der Waals surface area contributed by atoms with Gasteiger partial charge in [0.2, 0.25) is 35.4 Å². The van der Waals surface area contributed by atoms with Crippen molar-refractivity contribution in [2.75, 3.05) is 19.6 Å². The zero-order valence-electron chi connectivity index (χ0n) is 38.6. The van der Waals surface area contributed by atoms with Crippen LogP contribution in [0.5, 0.6) is 0 Å². The molecule has 6 amide bonds. The number of rotatable bonds is 33. The van der Waals surface area contributed by atoms with Gasteiger partial charge in [0, 0.05) is 6.54 Å². The molecule has 0 aliphatic carbocycles. The monoisotopic (exact) mass is 883 g/mol. The van der Waals surface area contributed by atoms with E-state index in [0.29, 0.717) is 45.2 Å². The predicted octanol–water partition coefficient (Wildman–Crippen LogP) is -0.197. The second kappa shape index (κ2) is 31.3. The highest BCUT2D eigenvalue weighted by atomic mass is 16.4. The number of hydrogen-bond acceptors (Lipinski definition) is 11. The Bertz CT molecular complexity index is 1420. The molecule has 0 heterocycles. The lowest BCUT2D eigenvalue weighted by molar-refractivity contribution is -0.143. The summed E-state index contributed by atoms with van der Waals surface area (Å²) in [6, 6.07) is -7.65. The third kappa shape index (κ3) is 25.4. The lowest BCUT2D eigenvalue weighted by atomic mass is 9.98. The lowest BCUT2D eigenvalue weighted by Crippen LogP contribution is -2.60. The number of unbranched alkanes of at least 4 members (excludes halogenated alkanes) is 2. The molecule has 0 aliphatic heterocycles. The number of carboxylic acids is 1. The van der Waals surface area contributed by atoms with Crippen molar-refractivity contribution in [2.45, 2.75) is 175 Å². The van der Waals surface area contributed by atoms with Crippen molar-refractivity contribution in [3.05, 3.63) is 0 Å². The van der Waals surface area contributed by atoms with Crippen molar-refractivity contribution < 1.29 is 38.7 Å². The number of nitrogens with two attached hydrogens (primary N) is 5. The van der Waals surface area contributed by atoms with Gasteiger partial charge in [-0.05, 0) is 114 Å². The van der Waals surface area contributed by atoms with Gasteiger partial charge in [0.1, 0.15) is 36.3 Å². The first kappa shape index (κ1) is 57.4. The van der Waals surface area contributed by atoms with Gasteiger partial charge in [-0.15, -0.1) is 0 Å². The van der Waals surface area contributed by atoms with Crippen molar-refractivity contribution in [3.8, 4) is 0 Å². The minimum Gasteiger partial charge on any atom is -0.480 e. The van der Waals surface area contributed by atoms with E-state index in [9.17, 15) is 38.7 Å². The first-order chi connectivity index (χ1) is 29.0. The highest BCUT2D eigenvalue weighted by molar-refractivity contribution is 5.97. The van der Waals surface area contributed by atoms with E-state index >= 15 is 0 Å². The van der Waals surface area contributed by atoms with E-state index in [1.54, 1.807) is 0 Å². The molecule has 0 radical (unpaired) electrons. The number of nitrogens with zero attached hydrogens (tertiary/aromatic N) is 1. The summed E-state index contributed by atoms with van der Waals surface area (Å²) in [5, 5.41) is 26.1. The van der Waals surface area contributed by atoms with Crippen LogP contribution in [0.1, 0.15) is 132 Å². The van der Waals surface area contributed by atoms with Gasteiger partial charge in [0.25, 0.3) is 0 Å². The fourth-order valence-electron chi connectivity index (χ4n) is 6.65. The van der Waals surface area contributed by atoms with E-state index in [4.69, 9.17) is 28.7 Å². The molecule has 20 heteroatoms. The molecule has 0 saturated heterocycles. The molecule has 0 saturated carbocycles. The summed E-state index contributed by atoms with van der Waals surface area (Å²) in [6.07, 6.45) is 3.75. The Morgan fingerprint density at radius 2 is 0.758 bits per heavy atom. The van der Waals surface area contributed by atoms with Crippen LogP contribution < -0.4 is 60.6 Å². The van der Waals surface area contributed by atoms with Crippen LogP contribution in [0, 0.1) is 23.7 Å². The highest BCUT2D eigenvalue weighted by Gasteiger charge is 2.34. The highest BCUT2D eigenvalue weighted by Crippen LogP contribution is 2.13. The van der Waals surface area contributed by atoms with E-state index in [1.807, 2.05) is 55.4 Å². The average Bonchev–Trinajstić information content (AvgIpc) is 3.16. The van der Waals surface area contributed by atoms with Crippen LogP contribution in [-0.4, -0.2) is 114 Å². The third-order valence-electron chi connectivity index (χ3n) is 9.80. The van der Waals surface area contributed by atoms with Crippen molar-refractivity contribution in [1.29, 1.82) is 0 Å². The number of carbonyl (C=O) groups excluding carboxylic acids is 6. The van der Waals surface area contributed by atoms with Crippen LogP contribution in [0.4, 0.5) is 0 Å². The van der Waals surface area contributed by atoms with Gasteiger partial charge < -0.3 is 65.7 Å². The summed E-state index contributed by atoms with van der Waals surface area (Å²) in [6.45, 7) is 15.8. The van der Waals surface area contributed by atoms with Gasteiger partial charge in [-0.25, -0.2) is 4.79 Å². The van der Waals surface area contributed by atoms with Gasteiger partial charge in [0.05, 0.1) is 6.04 Å². The maximum absolute atomic E-state index is 14.1. The fraction of sp³-hybridized carbons (Fsp3) is 0.810. The normalized spacial score (nSPS) is 14.8. The molecule has 358 valence electrons. The van der Waals surface area contributed by atoms with Gasteiger partial charge in [-0.3, -0.25) is 33.8 Å². The van der Waals surface area contributed by atoms with Crippen LogP contribution >= 0.6 is 0 Å². The molecule has 62 heavy (non-hydrogen) atoms. The zero-order chi connectivity index (χ0) is 47.5. The number of aliphatic carboxylic acids is 1. The third-order valence-corrected chi connectivity index (χ3v) is 9.80. The molecule has 0 fully saturated rings. The fourth-order valence-corrected chi connectivity index (χ4v) is 6.65. The van der Waals surface area contributed by atoms with E-state index < -0.39 is 83.7 Å². The molecule has 0 bridgehead atoms. The van der Waals surface area contributed by atoms with E-state index in [-0.39, 0.29) is 81.1 Å². The lowest BCUT2D eigenvalue weighted by Gasteiger charge is -2.29. The quantitative estimate of drug-likeness (QED) is 0.0231. The molecule has 0 aromatic carbocycles. The second-order valence-corrected chi connectivity index (χ2v) is 17.8. The predicted molar refractivity (Wildman–Crippen MR) is 241 cm³/mol. The summed E-state index contributed by atoms with van der Waals surface area (Å²) in [5.74, 6) is -5.28. The number of amides is 6. The van der Waals surface area contributed by atoms with Crippen LogP contribution in [0.3, 0.4) is 0 Å². The largest absolute Gasteiger partial charge is 0.480 e. The molecular weight excluding hydrogens is 801 g/mol. The van der Waals surface area contributed by atoms with Gasteiger partial charge in [-0.2, -0.15) is 0 Å². The molecule has 0 spiro atoms. The average molecular weight is 883 g/mol. The Balaban J connectivity index is 6.58. The maximum atomic E-state index is 14.1. The van der Waals surface area contributed by atoms with Crippen LogP contribution in [0.15, 0.2) is 4.99 Å². The van der Waals surface area contributed by atoms with Crippen molar-refractivity contribution in [3.63, 3.8) is 0 Å². The topological polar surface area (TPSA) is 354 Å². The van der Waals surface area contributed by atoms with Crippen molar-refractivity contribution in [1.82, 2.24) is 31.9 Å². The van der Waals surface area contributed by atoms with Gasteiger partial charge in [-0.1, -0.05) is 55.4 Å². The van der Waals surface area contributed by atoms with E-state index in [2.05, 4.69) is 36.9 Å². The minimum atomic E-state index is -1.23. The van der Waals surface area contributed by atoms with Crippen LogP contribution in [0.25, 0.3) is 0 Å². The molecule has 0 unspecified atom stereocenters. The summed E-state index contributed by atoms with van der Waals surface area (Å²) in [5.41, 5.74) is 28.5. The van der Waals surface area contributed by atoms with E-state index in [1.165, 1.54) is 0 Å².